The highest BCUT2D eigenvalue weighted by molar-refractivity contribution is 5.96. The van der Waals surface area contributed by atoms with E-state index in [1.165, 1.54) is 22.4 Å². The summed E-state index contributed by atoms with van der Waals surface area (Å²) in [7, 11) is 0. The Labute approximate surface area is 144 Å². The van der Waals surface area contributed by atoms with Crippen LogP contribution in [0.5, 0.6) is 0 Å². The van der Waals surface area contributed by atoms with Crippen molar-refractivity contribution in [1.82, 2.24) is 0 Å². The van der Waals surface area contributed by atoms with Gasteiger partial charge in [0.1, 0.15) is 6.04 Å². The average Bonchev–Trinajstić information content (AvgIpc) is 2.61. The first kappa shape index (κ1) is 16.6. The number of amides is 1. The van der Waals surface area contributed by atoms with E-state index in [1.54, 1.807) is 0 Å². The van der Waals surface area contributed by atoms with Crippen LogP contribution in [0.4, 0.5) is 11.4 Å². The lowest BCUT2D eigenvalue weighted by molar-refractivity contribution is -0.117. The van der Waals surface area contributed by atoms with Gasteiger partial charge in [0.2, 0.25) is 5.91 Å². The van der Waals surface area contributed by atoms with E-state index in [0.717, 1.165) is 31.5 Å². The number of rotatable bonds is 4. The molecule has 1 heterocycles. The zero-order valence-electron chi connectivity index (χ0n) is 14.8. The second-order valence-corrected chi connectivity index (χ2v) is 6.64. The second kappa shape index (κ2) is 7.08. The molecule has 24 heavy (non-hydrogen) atoms. The minimum absolute atomic E-state index is 0.0488. The van der Waals surface area contributed by atoms with Crippen molar-refractivity contribution in [3.8, 4) is 0 Å². The molecular formula is C21H26N2O. The predicted molar refractivity (Wildman–Crippen MR) is 101 cm³/mol. The number of nitrogens with one attached hydrogen (secondary N) is 1. The zero-order chi connectivity index (χ0) is 17.1. The molecule has 1 unspecified atom stereocenters. The fourth-order valence-corrected chi connectivity index (χ4v) is 3.37. The summed E-state index contributed by atoms with van der Waals surface area (Å²) in [4.78, 5) is 14.9. The summed E-state index contributed by atoms with van der Waals surface area (Å²) >= 11 is 0. The van der Waals surface area contributed by atoms with E-state index in [0.29, 0.717) is 0 Å². The number of hydrogen-bond acceptors (Lipinski definition) is 2. The molecule has 1 aliphatic heterocycles. The summed E-state index contributed by atoms with van der Waals surface area (Å²) in [5, 5.41) is 3.05. The van der Waals surface area contributed by atoms with Gasteiger partial charge in [0.15, 0.2) is 0 Å². The third kappa shape index (κ3) is 3.45. The third-order valence-electron chi connectivity index (χ3n) is 4.87. The molecule has 3 heteroatoms. The normalized spacial score (nSPS) is 14.9. The molecule has 3 rings (SSSR count). The molecule has 0 saturated heterocycles. The largest absolute Gasteiger partial charge is 0.360 e. The quantitative estimate of drug-likeness (QED) is 0.908. The molecule has 0 fully saturated rings. The molecule has 0 saturated carbocycles. The van der Waals surface area contributed by atoms with Crippen LogP contribution < -0.4 is 10.2 Å². The molecule has 0 spiro atoms. The van der Waals surface area contributed by atoms with E-state index >= 15 is 0 Å². The Balaban J connectivity index is 1.74. The van der Waals surface area contributed by atoms with Gasteiger partial charge in [-0.05, 0) is 62.4 Å². The SMILES string of the molecule is CCc1ccc(NC(=O)C(C)N2CCCc3cc(C)ccc32)cc1. The summed E-state index contributed by atoms with van der Waals surface area (Å²) in [6.45, 7) is 7.17. The van der Waals surface area contributed by atoms with Gasteiger partial charge in [0.05, 0.1) is 0 Å². The number of hydrogen-bond donors (Lipinski definition) is 1. The van der Waals surface area contributed by atoms with Crippen molar-refractivity contribution in [3.63, 3.8) is 0 Å². The molecule has 0 bridgehead atoms. The monoisotopic (exact) mass is 322 g/mol. The fraction of sp³-hybridized carbons (Fsp3) is 0.381. The van der Waals surface area contributed by atoms with Crippen molar-refractivity contribution in [2.45, 2.75) is 46.1 Å². The maximum Gasteiger partial charge on any atom is 0.246 e. The highest BCUT2D eigenvalue weighted by Gasteiger charge is 2.26. The Morgan fingerprint density at radius 1 is 1.21 bits per heavy atom. The summed E-state index contributed by atoms with van der Waals surface area (Å²) in [5.41, 5.74) is 5.99. The standard InChI is InChI=1S/C21H26N2O/c1-4-17-8-10-19(11-9-17)22-21(24)16(3)23-13-5-6-18-14-15(2)7-12-20(18)23/h7-12,14,16H,4-6,13H2,1-3H3,(H,22,24). The minimum atomic E-state index is -0.183. The third-order valence-corrected chi connectivity index (χ3v) is 4.87. The van der Waals surface area contributed by atoms with Crippen LogP contribution in [0.3, 0.4) is 0 Å². The van der Waals surface area contributed by atoms with Gasteiger partial charge in [0, 0.05) is 17.9 Å². The van der Waals surface area contributed by atoms with Gasteiger partial charge in [-0.1, -0.05) is 36.8 Å². The molecule has 1 amide bonds. The Morgan fingerprint density at radius 2 is 1.96 bits per heavy atom. The van der Waals surface area contributed by atoms with E-state index in [9.17, 15) is 4.79 Å². The summed E-state index contributed by atoms with van der Waals surface area (Å²) < 4.78 is 0. The molecule has 3 nitrogen and oxygen atoms in total. The first-order valence-electron chi connectivity index (χ1n) is 8.84. The summed E-state index contributed by atoms with van der Waals surface area (Å²) in [5.74, 6) is 0.0488. The lowest BCUT2D eigenvalue weighted by atomic mass is 9.98. The van der Waals surface area contributed by atoms with Crippen LogP contribution in [0.25, 0.3) is 0 Å². The van der Waals surface area contributed by atoms with E-state index in [2.05, 4.69) is 54.4 Å². The maximum atomic E-state index is 12.7. The molecule has 2 aromatic carbocycles. The van der Waals surface area contributed by atoms with Crippen LogP contribution in [0.15, 0.2) is 42.5 Å². The first-order chi connectivity index (χ1) is 11.6. The van der Waals surface area contributed by atoms with E-state index in [4.69, 9.17) is 0 Å². The van der Waals surface area contributed by atoms with Crippen LogP contribution in [-0.2, 0) is 17.6 Å². The zero-order valence-corrected chi connectivity index (χ0v) is 14.8. The van der Waals surface area contributed by atoms with Crippen LogP contribution in [-0.4, -0.2) is 18.5 Å². The van der Waals surface area contributed by atoms with Crippen molar-refractivity contribution in [2.24, 2.45) is 0 Å². The van der Waals surface area contributed by atoms with Gasteiger partial charge in [-0.25, -0.2) is 0 Å². The van der Waals surface area contributed by atoms with Gasteiger partial charge in [-0.15, -0.1) is 0 Å². The number of carbonyl (C=O) groups excluding carboxylic acids is 1. The van der Waals surface area contributed by atoms with E-state index in [1.807, 2.05) is 19.1 Å². The Bertz CT molecular complexity index is 721. The fourth-order valence-electron chi connectivity index (χ4n) is 3.37. The predicted octanol–water partition coefficient (Wildman–Crippen LogP) is 4.34. The molecular weight excluding hydrogens is 296 g/mol. The lowest BCUT2D eigenvalue weighted by Gasteiger charge is -2.35. The minimum Gasteiger partial charge on any atom is -0.360 e. The van der Waals surface area contributed by atoms with E-state index < -0.39 is 0 Å². The molecule has 1 N–H and O–H groups in total. The van der Waals surface area contributed by atoms with Crippen molar-refractivity contribution >= 4 is 17.3 Å². The molecule has 2 aromatic rings. The van der Waals surface area contributed by atoms with Crippen molar-refractivity contribution in [1.29, 1.82) is 0 Å². The Kier molecular flexibility index (Phi) is 4.89. The molecule has 1 atom stereocenters. The van der Waals surface area contributed by atoms with Crippen molar-refractivity contribution in [2.75, 3.05) is 16.8 Å². The second-order valence-electron chi connectivity index (χ2n) is 6.64. The number of carbonyl (C=O) groups is 1. The van der Waals surface area contributed by atoms with Gasteiger partial charge in [-0.2, -0.15) is 0 Å². The summed E-state index contributed by atoms with van der Waals surface area (Å²) in [6, 6.07) is 14.5. The number of anilines is 2. The highest BCUT2D eigenvalue weighted by atomic mass is 16.2. The number of nitrogens with zero attached hydrogens (tertiary/aromatic N) is 1. The Morgan fingerprint density at radius 3 is 2.67 bits per heavy atom. The molecule has 0 aromatic heterocycles. The van der Waals surface area contributed by atoms with Crippen molar-refractivity contribution < 1.29 is 4.79 Å². The topological polar surface area (TPSA) is 32.3 Å². The Hall–Kier alpha value is -2.29. The number of benzene rings is 2. The number of aryl methyl sites for hydroxylation is 3. The summed E-state index contributed by atoms with van der Waals surface area (Å²) in [6.07, 6.45) is 3.20. The maximum absolute atomic E-state index is 12.7. The average molecular weight is 322 g/mol. The van der Waals surface area contributed by atoms with Crippen molar-refractivity contribution in [3.05, 3.63) is 59.2 Å². The van der Waals surface area contributed by atoms with Gasteiger partial charge < -0.3 is 10.2 Å². The van der Waals surface area contributed by atoms with Crippen LogP contribution in [0.2, 0.25) is 0 Å². The highest BCUT2D eigenvalue weighted by Crippen LogP contribution is 2.29. The van der Waals surface area contributed by atoms with Gasteiger partial charge in [-0.3, -0.25) is 4.79 Å². The molecule has 126 valence electrons. The van der Waals surface area contributed by atoms with E-state index in [-0.39, 0.29) is 11.9 Å². The molecule has 1 aliphatic rings. The van der Waals surface area contributed by atoms with Crippen LogP contribution in [0, 0.1) is 6.92 Å². The molecule has 0 aliphatic carbocycles. The first-order valence-corrected chi connectivity index (χ1v) is 8.84. The molecule has 0 radical (unpaired) electrons. The smallest absolute Gasteiger partial charge is 0.246 e. The van der Waals surface area contributed by atoms with Crippen LogP contribution >= 0.6 is 0 Å². The lowest BCUT2D eigenvalue weighted by Crippen LogP contribution is -2.44. The van der Waals surface area contributed by atoms with Gasteiger partial charge in [0.25, 0.3) is 0 Å². The van der Waals surface area contributed by atoms with Gasteiger partial charge >= 0.3 is 0 Å². The van der Waals surface area contributed by atoms with Crippen LogP contribution in [0.1, 0.15) is 37.0 Å². The number of fused-ring (bicyclic) bond motifs is 1.